The molecular weight excluding hydrogens is 529 g/mol. The van der Waals surface area contributed by atoms with E-state index in [9.17, 15) is 4.79 Å². The number of thiazole rings is 1. The van der Waals surface area contributed by atoms with E-state index < -0.39 is 0 Å². The molecule has 2 rings (SSSR count). The third kappa shape index (κ3) is 8.82. The van der Waals surface area contributed by atoms with Crippen LogP contribution in [0.3, 0.4) is 0 Å². The van der Waals surface area contributed by atoms with Gasteiger partial charge in [-0.05, 0) is 33.1 Å². The number of guanidine groups is 1. The molecule has 1 aromatic heterocycles. The molecule has 0 amide bonds. The quantitative estimate of drug-likeness (QED) is 0.205. The van der Waals surface area contributed by atoms with Crippen LogP contribution in [0, 0.1) is 12.8 Å². The second-order valence-corrected chi connectivity index (χ2v) is 8.97. The number of nitrogens with zero attached hydrogens (tertiary/aromatic N) is 3. The Balaban J connectivity index is 0.00000480. The van der Waals surface area contributed by atoms with Gasteiger partial charge in [0.05, 0.1) is 31.6 Å². The Hall–Kier alpha value is -0.980. The number of ether oxygens (including phenoxy) is 2. The van der Waals surface area contributed by atoms with E-state index in [0.717, 1.165) is 50.2 Å². The standard InChI is InChI=1S/C21H37N5O3S.HI/c1-7-29-20(27)18-15(4)24-19(30-18)16(5)25-21(22-6)23-13-17(12-14(2)3)26-8-10-28-11-9-26;/h14,16-17H,7-13H2,1-6H3,(H2,22,23,25);1H. The SMILES string of the molecule is CCOC(=O)c1sc(C(C)NC(=NC)NCC(CC(C)C)N2CCOCC2)nc1C.I. The number of hydrogen-bond donors (Lipinski definition) is 2. The Kier molecular flexibility index (Phi) is 12.9. The lowest BCUT2D eigenvalue weighted by molar-refractivity contribution is 0.0132. The van der Waals surface area contributed by atoms with E-state index in [4.69, 9.17) is 9.47 Å². The predicted molar refractivity (Wildman–Crippen MR) is 137 cm³/mol. The van der Waals surface area contributed by atoms with Crippen molar-refractivity contribution in [2.24, 2.45) is 10.9 Å². The molecular formula is C21H38IN5O3S. The van der Waals surface area contributed by atoms with Gasteiger partial charge in [-0.2, -0.15) is 0 Å². The van der Waals surface area contributed by atoms with Crippen molar-refractivity contribution in [1.82, 2.24) is 20.5 Å². The molecule has 2 atom stereocenters. The van der Waals surface area contributed by atoms with Crippen molar-refractivity contribution in [2.75, 3.05) is 46.5 Å². The van der Waals surface area contributed by atoms with Crippen LogP contribution < -0.4 is 10.6 Å². The highest BCUT2D eigenvalue weighted by atomic mass is 127. The van der Waals surface area contributed by atoms with Gasteiger partial charge >= 0.3 is 5.97 Å². The highest BCUT2D eigenvalue weighted by molar-refractivity contribution is 14.0. The molecule has 31 heavy (non-hydrogen) atoms. The second kappa shape index (κ2) is 14.2. The van der Waals surface area contributed by atoms with Gasteiger partial charge in [0.2, 0.25) is 0 Å². The van der Waals surface area contributed by atoms with Gasteiger partial charge in [0, 0.05) is 32.7 Å². The predicted octanol–water partition coefficient (Wildman–Crippen LogP) is 3.22. The van der Waals surface area contributed by atoms with Gasteiger partial charge in [0.15, 0.2) is 5.96 Å². The Morgan fingerprint density at radius 1 is 1.32 bits per heavy atom. The Bertz CT molecular complexity index is 707. The molecule has 0 aromatic carbocycles. The number of halogens is 1. The van der Waals surface area contributed by atoms with Crippen LogP contribution >= 0.6 is 35.3 Å². The molecule has 0 aliphatic carbocycles. The molecule has 1 aliphatic heterocycles. The lowest BCUT2D eigenvalue weighted by Crippen LogP contribution is -2.51. The summed E-state index contributed by atoms with van der Waals surface area (Å²) in [7, 11) is 1.77. The summed E-state index contributed by atoms with van der Waals surface area (Å²) < 4.78 is 10.6. The fraction of sp³-hybridized carbons (Fsp3) is 0.762. The summed E-state index contributed by atoms with van der Waals surface area (Å²) in [4.78, 5) is 24.1. The first-order valence-electron chi connectivity index (χ1n) is 10.8. The smallest absolute Gasteiger partial charge is 0.350 e. The molecule has 178 valence electrons. The van der Waals surface area contributed by atoms with Gasteiger partial charge in [0.1, 0.15) is 9.88 Å². The number of hydrogen-bond acceptors (Lipinski definition) is 7. The van der Waals surface area contributed by atoms with Gasteiger partial charge < -0.3 is 20.1 Å². The molecule has 1 saturated heterocycles. The zero-order valence-electron chi connectivity index (χ0n) is 19.6. The van der Waals surface area contributed by atoms with E-state index >= 15 is 0 Å². The van der Waals surface area contributed by atoms with Crippen LogP contribution in [0.4, 0.5) is 0 Å². The summed E-state index contributed by atoms with van der Waals surface area (Å²) >= 11 is 1.37. The maximum atomic E-state index is 12.1. The maximum Gasteiger partial charge on any atom is 0.350 e. The van der Waals surface area contributed by atoms with Gasteiger partial charge in [0.25, 0.3) is 0 Å². The molecule has 1 aliphatic rings. The fourth-order valence-electron chi connectivity index (χ4n) is 3.51. The highest BCUT2D eigenvalue weighted by Crippen LogP contribution is 2.24. The van der Waals surface area contributed by atoms with Crippen molar-refractivity contribution < 1.29 is 14.3 Å². The molecule has 10 heteroatoms. The molecule has 0 radical (unpaired) electrons. The van der Waals surface area contributed by atoms with E-state index in [0.29, 0.717) is 29.1 Å². The van der Waals surface area contributed by atoms with Crippen molar-refractivity contribution in [3.63, 3.8) is 0 Å². The first kappa shape index (κ1) is 28.1. The zero-order valence-corrected chi connectivity index (χ0v) is 22.7. The summed E-state index contributed by atoms with van der Waals surface area (Å²) in [5.74, 6) is 1.04. The van der Waals surface area contributed by atoms with Crippen LogP contribution in [0.15, 0.2) is 4.99 Å². The Morgan fingerprint density at radius 2 is 2.00 bits per heavy atom. The van der Waals surface area contributed by atoms with Gasteiger partial charge in [-0.3, -0.25) is 9.89 Å². The van der Waals surface area contributed by atoms with E-state index in [-0.39, 0.29) is 36.0 Å². The first-order valence-corrected chi connectivity index (χ1v) is 11.6. The number of carbonyl (C=O) groups excluding carboxylic acids is 1. The molecule has 0 saturated carbocycles. The highest BCUT2D eigenvalue weighted by Gasteiger charge is 2.23. The average molecular weight is 568 g/mol. The van der Waals surface area contributed by atoms with Crippen LogP contribution in [0.1, 0.15) is 60.5 Å². The molecule has 0 bridgehead atoms. The third-order valence-corrected chi connectivity index (χ3v) is 6.35. The Labute approximate surface area is 207 Å². The molecule has 1 aromatic rings. The van der Waals surface area contributed by atoms with Crippen molar-refractivity contribution in [2.45, 2.75) is 53.1 Å². The number of esters is 1. The summed E-state index contributed by atoms with van der Waals surface area (Å²) in [6.07, 6.45) is 1.12. The van der Waals surface area contributed by atoms with Crippen molar-refractivity contribution in [3.8, 4) is 0 Å². The molecule has 2 heterocycles. The number of morpholine rings is 1. The maximum absolute atomic E-state index is 12.1. The number of aromatic nitrogens is 1. The number of carbonyl (C=O) groups is 1. The zero-order chi connectivity index (χ0) is 22.1. The summed E-state index contributed by atoms with van der Waals surface area (Å²) in [6.45, 7) is 14.9. The second-order valence-electron chi connectivity index (χ2n) is 7.94. The number of nitrogens with one attached hydrogen (secondary N) is 2. The summed E-state index contributed by atoms with van der Waals surface area (Å²) in [5, 5.41) is 7.71. The van der Waals surface area contributed by atoms with E-state index in [1.165, 1.54) is 11.3 Å². The largest absolute Gasteiger partial charge is 0.462 e. The van der Waals surface area contributed by atoms with Crippen LogP contribution in [-0.2, 0) is 9.47 Å². The third-order valence-electron chi connectivity index (χ3n) is 5.03. The minimum absolute atomic E-state index is 0. The molecule has 0 spiro atoms. The topological polar surface area (TPSA) is 88.1 Å². The number of aryl methyl sites for hydroxylation is 1. The summed E-state index contributed by atoms with van der Waals surface area (Å²) in [6, 6.07) is 0.357. The number of aliphatic imine (C=N–C) groups is 1. The lowest BCUT2D eigenvalue weighted by atomic mass is 10.0. The fourth-order valence-corrected chi connectivity index (χ4v) is 4.48. The van der Waals surface area contributed by atoms with Gasteiger partial charge in [-0.1, -0.05) is 13.8 Å². The van der Waals surface area contributed by atoms with E-state index in [1.54, 1.807) is 14.0 Å². The molecule has 2 N–H and O–H groups in total. The molecule has 8 nitrogen and oxygen atoms in total. The van der Waals surface area contributed by atoms with Crippen molar-refractivity contribution in [3.05, 3.63) is 15.6 Å². The van der Waals surface area contributed by atoms with E-state index in [1.807, 2.05) is 13.8 Å². The van der Waals surface area contributed by atoms with Crippen molar-refractivity contribution in [1.29, 1.82) is 0 Å². The van der Waals surface area contributed by atoms with Crippen LogP contribution in [0.5, 0.6) is 0 Å². The van der Waals surface area contributed by atoms with Gasteiger partial charge in [-0.15, -0.1) is 35.3 Å². The van der Waals surface area contributed by atoms with Crippen LogP contribution in [0.2, 0.25) is 0 Å². The lowest BCUT2D eigenvalue weighted by Gasteiger charge is -2.36. The monoisotopic (exact) mass is 567 g/mol. The van der Waals surface area contributed by atoms with Crippen LogP contribution in [0.25, 0.3) is 0 Å². The van der Waals surface area contributed by atoms with Crippen LogP contribution in [-0.4, -0.2) is 74.4 Å². The average Bonchev–Trinajstić information content (AvgIpc) is 3.12. The Morgan fingerprint density at radius 3 is 2.58 bits per heavy atom. The minimum atomic E-state index is -0.310. The number of rotatable bonds is 9. The van der Waals surface area contributed by atoms with Crippen molar-refractivity contribution >= 4 is 47.2 Å². The molecule has 1 fully saturated rings. The van der Waals surface area contributed by atoms with Gasteiger partial charge in [-0.25, -0.2) is 9.78 Å². The van der Waals surface area contributed by atoms with E-state index in [2.05, 4.69) is 39.4 Å². The normalized spacial score (nSPS) is 17.1. The molecule has 2 unspecified atom stereocenters. The first-order chi connectivity index (χ1) is 14.3. The summed E-state index contributed by atoms with van der Waals surface area (Å²) in [5.41, 5.74) is 0.703. The minimum Gasteiger partial charge on any atom is -0.462 e.